The van der Waals surface area contributed by atoms with Crippen LogP contribution >= 0.6 is 15.9 Å². The number of benzene rings is 6. The van der Waals surface area contributed by atoms with Crippen molar-refractivity contribution in [3.05, 3.63) is 197 Å². The Morgan fingerprint density at radius 3 is 1.10 bits per heavy atom. The molecule has 0 bridgehead atoms. The molecule has 9 N–H and O–H groups in total. The van der Waals surface area contributed by atoms with E-state index < -0.39 is 159 Å². The number of nitrogens with one attached hydrogen (secondary N) is 3. The summed E-state index contributed by atoms with van der Waals surface area (Å²) in [7, 11) is -1.76. The molecule has 0 atom stereocenters. The number of carbonyl (C=O) groups is 6. The number of ether oxygens (including phenoxy) is 2. The summed E-state index contributed by atoms with van der Waals surface area (Å²) in [6.45, 7) is 8.35. The number of aromatic hydroxyl groups is 3. The first-order valence-electron chi connectivity index (χ1n) is 26.7. The van der Waals surface area contributed by atoms with Gasteiger partial charge in [-0.25, -0.2) is 40.7 Å². The Bertz CT molecular complexity index is 4600. The van der Waals surface area contributed by atoms with E-state index in [1.165, 1.54) is 60.7 Å². The molecule has 0 aliphatic carbocycles. The predicted octanol–water partition coefficient (Wildman–Crippen LogP) is 7.75. The summed E-state index contributed by atoms with van der Waals surface area (Å²) in [5, 5.41) is 63.1. The van der Waals surface area contributed by atoms with Gasteiger partial charge in [-0.15, -0.1) is 0 Å². The number of amides is 3. The third kappa shape index (κ3) is 18.9. The van der Waals surface area contributed by atoms with E-state index in [-0.39, 0.29) is 38.4 Å². The lowest BCUT2D eigenvalue weighted by Crippen LogP contribution is -2.36. The van der Waals surface area contributed by atoms with Gasteiger partial charge in [-0.2, -0.15) is 0 Å². The number of fused-ring (bicyclic) bond motifs is 3. The van der Waals surface area contributed by atoms with Crippen LogP contribution in [-0.2, 0) is 23.9 Å². The summed E-state index contributed by atoms with van der Waals surface area (Å²) in [4.78, 5) is 107. The number of carbonyl (C=O) groups excluding carboxylic acids is 5. The largest absolute Gasteiger partial charge is 0.506 e. The van der Waals surface area contributed by atoms with E-state index in [0.29, 0.717) is 26.7 Å². The molecule has 23 nitrogen and oxygen atoms in total. The molecule has 3 aromatic heterocycles. The van der Waals surface area contributed by atoms with Crippen molar-refractivity contribution in [2.75, 3.05) is 19.6 Å². The van der Waals surface area contributed by atoms with Crippen molar-refractivity contribution in [2.24, 2.45) is 0 Å². The summed E-state index contributed by atoms with van der Waals surface area (Å²) >= 11 is 3.22. The van der Waals surface area contributed by atoms with E-state index in [1.54, 1.807) is 47.6 Å². The number of rotatable bonds is 12. The molecule has 0 unspecified atom stereocenters. The highest BCUT2D eigenvalue weighted by Gasteiger charge is 2.27. The summed E-state index contributed by atoms with van der Waals surface area (Å²) in [5.41, 5.74) is -5.39. The highest BCUT2D eigenvalue weighted by atomic mass is 79.9. The smallest absolute Gasteiger partial charge is 0.488 e. The highest BCUT2D eigenvalue weighted by Crippen LogP contribution is 2.34. The van der Waals surface area contributed by atoms with E-state index in [1.807, 2.05) is 5.32 Å². The lowest BCUT2D eigenvalue weighted by molar-refractivity contribution is -0.154. The van der Waals surface area contributed by atoms with E-state index >= 15 is 0 Å². The van der Waals surface area contributed by atoms with Gasteiger partial charge in [0.25, 0.3) is 17.7 Å². The third-order valence-electron chi connectivity index (χ3n) is 12.1. The van der Waals surface area contributed by atoms with Crippen molar-refractivity contribution in [1.82, 2.24) is 16.0 Å². The molecule has 486 valence electrons. The second kappa shape index (κ2) is 29.9. The summed E-state index contributed by atoms with van der Waals surface area (Å²) in [6.07, 6.45) is 0. The Morgan fingerprint density at radius 1 is 0.452 bits per heavy atom. The van der Waals surface area contributed by atoms with Crippen molar-refractivity contribution < 1.29 is 108 Å². The zero-order valence-electron chi connectivity index (χ0n) is 49.1. The van der Waals surface area contributed by atoms with Gasteiger partial charge in [0.15, 0.2) is 51.6 Å². The second-order valence-corrected chi connectivity index (χ2v) is 22.2. The lowest BCUT2D eigenvalue weighted by atomic mass is 9.80. The molecule has 0 fully saturated rings. The van der Waals surface area contributed by atoms with Gasteiger partial charge in [0.05, 0.1) is 16.2 Å². The zero-order chi connectivity index (χ0) is 69.1. The number of hydrogen-bond donors (Lipinski definition) is 9. The van der Waals surface area contributed by atoms with Crippen molar-refractivity contribution in [1.29, 1.82) is 0 Å². The minimum atomic E-state index is -1.76. The van der Waals surface area contributed by atoms with E-state index in [9.17, 15) is 84.8 Å². The molecule has 3 heterocycles. The maximum absolute atomic E-state index is 13.5. The average Bonchev–Trinajstić information content (AvgIpc) is 0.797. The molecule has 31 heteroatoms. The van der Waals surface area contributed by atoms with Crippen LogP contribution in [-0.4, -0.2) is 104 Å². The average molecular weight is 1360 g/mol. The Balaban J connectivity index is 0.000000206. The Hall–Kier alpha value is -10.8. The molecule has 0 spiro atoms. The minimum absolute atomic E-state index is 0.0152. The molecule has 0 radical (unpaired) electrons. The monoisotopic (exact) mass is 1360 g/mol. The van der Waals surface area contributed by atoms with Crippen LogP contribution in [0.15, 0.2) is 141 Å². The van der Waals surface area contributed by atoms with Crippen LogP contribution in [0.3, 0.4) is 0 Å². The van der Waals surface area contributed by atoms with Gasteiger partial charge in [0.2, 0.25) is 0 Å². The van der Waals surface area contributed by atoms with Gasteiger partial charge < -0.3 is 69.1 Å². The fraction of sp³-hybridized carbons (Fsp3) is 0.177. The predicted molar refractivity (Wildman–Crippen MR) is 323 cm³/mol. The number of esters is 2. The van der Waals surface area contributed by atoms with Crippen molar-refractivity contribution >= 4 is 97.0 Å². The molecular formula is C62H51BBrF6N3O20. The number of hydrogen-bond acceptors (Lipinski definition) is 19. The number of halogens is 7. The zero-order valence-corrected chi connectivity index (χ0v) is 50.7. The van der Waals surface area contributed by atoms with Gasteiger partial charge in [-0.3, -0.25) is 28.8 Å². The van der Waals surface area contributed by atoms with Gasteiger partial charge in [0, 0.05) is 4.47 Å². The summed E-state index contributed by atoms with van der Waals surface area (Å²) < 4.78 is 104. The standard InChI is InChI=1S/C22H19F2NO6.C18H11F2NO6.C16H16BrNO6.C6H5BF2O2/c1-22(2,3)31-17(26)10-25-20(28)18-19(27)13-6-4-12(9-16(13)30-21(18)29)11-5-7-14(23)15(24)8-11;19-11-4-2-8(5-12(11)20)9-1-3-10-13(6-9)27-18(26)15(16(10)24)17(25)21-7-14(22)23;1-16(2,3)24-11(19)7-18-14(21)12-13(20)9-5-4-8(17)6-10(9)23-15(12)22;8-5-2-1-4(7(10)11)3-6(5)9/h4-9,27H,10H2,1-3H3,(H,25,28);1-6,24H,7H2,(H,21,25)(H,22,23);4-6,20H,7H2,1-3H3,(H,18,21);1-3,10-11H. The Kier molecular flexibility index (Phi) is 22.9. The van der Waals surface area contributed by atoms with E-state index in [4.69, 9.17) is 37.9 Å². The van der Waals surface area contributed by atoms with Crippen molar-refractivity contribution in [3.63, 3.8) is 0 Å². The van der Waals surface area contributed by atoms with Crippen LogP contribution in [0.4, 0.5) is 26.3 Å². The topological polar surface area (TPSA) is 369 Å². The molecule has 0 aliphatic heterocycles. The van der Waals surface area contributed by atoms with Gasteiger partial charge in [0.1, 0.15) is 64.8 Å². The maximum Gasteiger partial charge on any atom is 0.488 e. The minimum Gasteiger partial charge on any atom is -0.506 e. The van der Waals surface area contributed by atoms with Crippen LogP contribution in [0.1, 0.15) is 72.6 Å². The molecule has 3 amide bonds. The van der Waals surface area contributed by atoms with E-state index in [2.05, 4.69) is 26.6 Å². The molecule has 6 aromatic carbocycles. The molecule has 9 rings (SSSR count). The van der Waals surface area contributed by atoms with Gasteiger partial charge >= 0.3 is 41.9 Å². The van der Waals surface area contributed by atoms with Crippen LogP contribution in [0.2, 0.25) is 0 Å². The van der Waals surface area contributed by atoms with Crippen LogP contribution in [0.5, 0.6) is 17.2 Å². The summed E-state index contributed by atoms with van der Waals surface area (Å²) in [5.74, 6) is -13.8. The molecule has 93 heavy (non-hydrogen) atoms. The number of aliphatic carboxylic acids is 1. The third-order valence-corrected chi connectivity index (χ3v) is 12.6. The number of carboxylic acid groups (broad SMARTS) is 1. The molecule has 0 saturated heterocycles. The molecule has 9 aromatic rings. The number of carboxylic acids is 1. The first-order valence-corrected chi connectivity index (χ1v) is 27.5. The quantitative estimate of drug-likeness (QED) is 0.0244. The Labute approximate surface area is 527 Å². The van der Waals surface area contributed by atoms with Crippen molar-refractivity contribution in [3.8, 4) is 39.5 Å². The van der Waals surface area contributed by atoms with Crippen LogP contribution < -0.4 is 38.3 Å². The second-order valence-electron chi connectivity index (χ2n) is 21.3. The summed E-state index contributed by atoms with van der Waals surface area (Å²) in [6, 6.07) is 22.1. The fourth-order valence-corrected chi connectivity index (χ4v) is 8.33. The normalized spacial score (nSPS) is 11.0. The van der Waals surface area contributed by atoms with Crippen LogP contribution in [0.25, 0.3) is 55.2 Å². The molecule has 0 aliphatic rings. The molecular weight excluding hydrogens is 1310 g/mol. The van der Waals surface area contributed by atoms with E-state index in [0.717, 1.165) is 42.5 Å². The molecule has 0 saturated carbocycles. The highest BCUT2D eigenvalue weighted by molar-refractivity contribution is 9.10. The van der Waals surface area contributed by atoms with Crippen molar-refractivity contribution in [2.45, 2.75) is 52.7 Å². The SMILES string of the molecule is CC(C)(C)OC(=O)CNC(=O)c1c(O)c2ccc(-c3ccc(F)c(F)c3)cc2oc1=O.CC(C)(C)OC(=O)CNC(=O)c1c(O)c2ccc(Br)cc2oc1=O.O=C(O)CNC(=O)c1c(O)c2ccc(-c3ccc(F)c(F)c3)cc2oc1=O.OB(O)c1ccc(F)c(F)c1. The van der Waals surface area contributed by atoms with Gasteiger partial charge in [-0.05, 0) is 148 Å². The fourth-order valence-electron chi connectivity index (χ4n) is 7.99. The lowest BCUT2D eigenvalue weighted by Gasteiger charge is -2.19. The Morgan fingerprint density at radius 2 is 0.763 bits per heavy atom. The van der Waals surface area contributed by atoms with Gasteiger partial charge in [-0.1, -0.05) is 46.3 Å². The first kappa shape index (κ1) is 71.3. The van der Waals surface area contributed by atoms with Crippen LogP contribution in [0, 0.1) is 34.9 Å². The maximum atomic E-state index is 13.5. The first-order chi connectivity index (χ1) is 43.4.